The molecule has 3 heterocycles. The zero-order chi connectivity index (χ0) is 18.7. The summed E-state index contributed by atoms with van der Waals surface area (Å²) in [7, 11) is -3.17. The molecule has 0 radical (unpaired) electrons. The smallest absolute Gasteiger partial charge is 0.233 e. The van der Waals surface area contributed by atoms with Crippen molar-refractivity contribution in [3.8, 4) is 5.88 Å². The Hall–Kier alpha value is -1.74. The van der Waals surface area contributed by atoms with Gasteiger partial charge in [0.05, 0.1) is 18.5 Å². The van der Waals surface area contributed by atoms with Crippen molar-refractivity contribution >= 4 is 15.9 Å². The van der Waals surface area contributed by atoms with Crippen LogP contribution in [0.1, 0.15) is 31.4 Å². The number of sulfonamides is 1. The summed E-state index contributed by atoms with van der Waals surface area (Å²) in [5, 5.41) is 8.02. The van der Waals surface area contributed by atoms with Gasteiger partial charge in [0.25, 0.3) is 0 Å². The number of hydrogen-bond donors (Lipinski definition) is 0. The third-order valence-corrected chi connectivity index (χ3v) is 6.33. The van der Waals surface area contributed by atoms with E-state index >= 15 is 0 Å². The van der Waals surface area contributed by atoms with E-state index < -0.39 is 10.0 Å². The Morgan fingerprint density at radius 2 is 1.88 bits per heavy atom. The van der Waals surface area contributed by atoms with E-state index in [0.717, 1.165) is 25.1 Å². The number of carbonyl (C=O) groups is 1. The highest BCUT2D eigenvalue weighted by atomic mass is 32.2. The minimum atomic E-state index is -3.17. The molecule has 2 saturated heterocycles. The first-order valence-corrected chi connectivity index (χ1v) is 10.9. The van der Waals surface area contributed by atoms with Gasteiger partial charge in [-0.05, 0) is 38.7 Å². The van der Waals surface area contributed by atoms with Crippen LogP contribution in [-0.4, -0.2) is 72.3 Å². The van der Waals surface area contributed by atoms with Crippen LogP contribution in [0.15, 0.2) is 12.1 Å². The second-order valence-corrected chi connectivity index (χ2v) is 9.10. The van der Waals surface area contributed by atoms with E-state index in [4.69, 9.17) is 4.74 Å². The normalized spacial score (nSPS) is 23.0. The molecule has 0 N–H and O–H groups in total. The van der Waals surface area contributed by atoms with E-state index in [9.17, 15) is 13.2 Å². The number of piperidine rings is 2. The fourth-order valence-corrected chi connectivity index (χ4v) is 4.42. The fraction of sp³-hybridized carbons (Fsp3) is 0.706. The SMILES string of the molecule is Cc1ccc(O[C@H]2CCCN(C(=O)C3CCN(S(C)(=O)=O)CC3)C2)nn1. The molecule has 0 unspecified atom stereocenters. The number of hydrogen-bond acceptors (Lipinski definition) is 6. The molecule has 1 aromatic rings. The molecule has 0 bridgehead atoms. The number of aryl methyl sites for hydroxylation is 1. The highest BCUT2D eigenvalue weighted by Crippen LogP contribution is 2.24. The Morgan fingerprint density at radius 1 is 1.15 bits per heavy atom. The molecule has 1 amide bonds. The Bertz CT molecular complexity index is 730. The lowest BCUT2D eigenvalue weighted by atomic mass is 9.95. The summed E-state index contributed by atoms with van der Waals surface area (Å²) >= 11 is 0. The number of amides is 1. The standard InChI is InChI=1S/C17H26N4O4S/c1-13-5-6-16(19-18-13)25-15-4-3-9-20(12-15)17(22)14-7-10-21(11-8-14)26(2,23)24/h5-6,14-15H,3-4,7-12H2,1-2H3/t15-/m0/s1. The maximum Gasteiger partial charge on any atom is 0.233 e. The monoisotopic (exact) mass is 382 g/mol. The van der Waals surface area contributed by atoms with E-state index in [1.54, 1.807) is 6.07 Å². The van der Waals surface area contributed by atoms with E-state index in [0.29, 0.717) is 38.4 Å². The zero-order valence-electron chi connectivity index (χ0n) is 15.3. The number of likely N-dealkylation sites (tertiary alicyclic amines) is 1. The van der Waals surface area contributed by atoms with Crippen LogP contribution in [0.3, 0.4) is 0 Å². The Morgan fingerprint density at radius 3 is 2.50 bits per heavy atom. The topological polar surface area (TPSA) is 92.7 Å². The summed E-state index contributed by atoms with van der Waals surface area (Å²) in [6, 6.07) is 3.65. The molecular formula is C17H26N4O4S. The van der Waals surface area contributed by atoms with E-state index in [1.807, 2.05) is 17.9 Å². The lowest BCUT2D eigenvalue weighted by Crippen LogP contribution is -2.49. The Labute approximate surface area is 154 Å². The van der Waals surface area contributed by atoms with Gasteiger partial charge in [0, 0.05) is 31.6 Å². The van der Waals surface area contributed by atoms with Gasteiger partial charge in [-0.2, -0.15) is 5.10 Å². The van der Waals surface area contributed by atoms with E-state index in [2.05, 4.69) is 10.2 Å². The summed E-state index contributed by atoms with van der Waals surface area (Å²) in [6.07, 6.45) is 4.06. The van der Waals surface area contributed by atoms with Crippen LogP contribution < -0.4 is 4.74 Å². The van der Waals surface area contributed by atoms with Gasteiger partial charge >= 0.3 is 0 Å². The van der Waals surface area contributed by atoms with Crippen LogP contribution >= 0.6 is 0 Å². The van der Waals surface area contributed by atoms with Crippen molar-refractivity contribution in [2.75, 3.05) is 32.4 Å². The number of ether oxygens (including phenoxy) is 1. The number of nitrogens with zero attached hydrogens (tertiary/aromatic N) is 4. The van der Waals surface area contributed by atoms with Gasteiger partial charge < -0.3 is 9.64 Å². The largest absolute Gasteiger partial charge is 0.471 e. The van der Waals surface area contributed by atoms with Gasteiger partial charge in [0.15, 0.2) is 0 Å². The van der Waals surface area contributed by atoms with Crippen molar-refractivity contribution in [1.82, 2.24) is 19.4 Å². The maximum atomic E-state index is 12.8. The predicted octanol–water partition coefficient (Wildman–Crippen LogP) is 0.826. The summed E-state index contributed by atoms with van der Waals surface area (Å²) in [4.78, 5) is 14.7. The van der Waals surface area contributed by atoms with Crippen molar-refractivity contribution in [1.29, 1.82) is 0 Å². The molecule has 9 heteroatoms. The first-order valence-electron chi connectivity index (χ1n) is 9.04. The molecule has 1 atom stereocenters. The third kappa shape index (κ3) is 4.70. The van der Waals surface area contributed by atoms with Gasteiger partial charge in [-0.3, -0.25) is 4.79 Å². The fourth-order valence-electron chi connectivity index (χ4n) is 3.55. The predicted molar refractivity (Wildman–Crippen MR) is 96.1 cm³/mol. The summed E-state index contributed by atoms with van der Waals surface area (Å²) in [6.45, 7) is 3.97. The Balaban J connectivity index is 1.54. The first-order chi connectivity index (χ1) is 12.3. The molecular weight excluding hydrogens is 356 g/mol. The molecule has 144 valence electrons. The number of aromatic nitrogens is 2. The molecule has 0 aliphatic carbocycles. The zero-order valence-corrected chi connectivity index (χ0v) is 16.1. The van der Waals surface area contributed by atoms with Gasteiger partial charge in [0.2, 0.25) is 21.8 Å². The van der Waals surface area contributed by atoms with Crippen molar-refractivity contribution in [2.45, 2.75) is 38.7 Å². The van der Waals surface area contributed by atoms with Crippen LogP contribution in [0, 0.1) is 12.8 Å². The molecule has 0 saturated carbocycles. The third-order valence-electron chi connectivity index (χ3n) is 5.02. The molecule has 2 aliphatic heterocycles. The summed E-state index contributed by atoms with van der Waals surface area (Å²) < 4.78 is 30.5. The van der Waals surface area contributed by atoms with Crippen molar-refractivity contribution in [2.24, 2.45) is 5.92 Å². The molecule has 0 aromatic carbocycles. The minimum absolute atomic E-state index is 0.0826. The number of rotatable bonds is 4. The van der Waals surface area contributed by atoms with Gasteiger partial charge in [-0.1, -0.05) is 0 Å². The lowest BCUT2D eigenvalue weighted by molar-refractivity contribution is -0.139. The summed E-state index contributed by atoms with van der Waals surface area (Å²) in [5.41, 5.74) is 0.832. The van der Waals surface area contributed by atoms with Crippen molar-refractivity contribution in [3.05, 3.63) is 17.8 Å². The highest BCUT2D eigenvalue weighted by molar-refractivity contribution is 7.88. The molecule has 3 rings (SSSR count). The van der Waals surface area contributed by atoms with Crippen LogP contribution in [-0.2, 0) is 14.8 Å². The van der Waals surface area contributed by atoms with E-state index in [1.165, 1.54) is 10.6 Å². The quantitative estimate of drug-likeness (QED) is 0.766. The lowest BCUT2D eigenvalue weighted by Gasteiger charge is -2.37. The average Bonchev–Trinajstić information content (AvgIpc) is 2.63. The van der Waals surface area contributed by atoms with Gasteiger partial charge in [0.1, 0.15) is 6.10 Å². The minimum Gasteiger partial charge on any atom is -0.471 e. The number of carbonyl (C=O) groups excluding carboxylic acids is 1. The molecule has 1 aromatic heterocycles. The second-order valence-electron chi connectivity index (χ2n) is 7.12. The second kappa shape index (κ2) is 7.87. The first kappa shape index (κ1) is 19.0. The van der Waals surface area contributed by atoms with Crippen LogP contribution in [0.5, 0.6) is 5.88 Å². The maximum absolute atomic E-state index is 12.8. The molecule has 26 heavy (non-hydrogen) atoms. The van der Waals surface area contributed by atoms with Crippen LogP contribution in [0.2, 0.25) is 0 Å². The molecule has 2 fully saturated rings. The van der Waals surface area contributed by atoms with Crippen LogP contribution in [0.4, 0.5) is 0 Å². The molecule has 2 aliphatic rings. The highest BCUT2D eigenvalue weighted by Gasteiger charge is 2.33. The molecule has 8 nitrogen and oxygen atoms in total. The average molecular weight is 382 g/mol. The molecule has 0 spiro atoms. The van der Waals surface area contributed by atoms with Crippen molar-refractivity contribution in [3.63, 3.8) is 0 Å². The van der Waals surface area contributed by atoms with Crippen molar-refractivity contribution < 1.29 is 17.9 Å². The Kier molecular flexibility index (Phi) is 5.76. The van der Waals surface area contributed by atoms with E-state index in [-0.39, 0.29) is 17.9 Å². The summed E-state index contributed by atoms with van der Waals surface area (Å²) in [5.74, 6) is 0.490. The van der Waals surface area contributed by atoms with Gasteiger partial charge in [-0.25, -0.2) is 12.7 Å². The van der Waals surface area contributed by atoms with Gasteiger partial charge in [-0.15, -0.1) is 5.10 Å². The van der Waals surface area contributed by atoms with Crippen LogP contribution in [0.25, 0.3) is 0 Å².